The molecule has 2 aromatic rings. The second-order valence-corrected chi connectivity index (χ2v) is 5.64. The number of hydrazone groups is 1. The minimum atomic E-state index is 0.516. The van der Waals surface area contributed by atoms with E-state index in [0.717, 1.165) is 24.2 Å². The maximum Gasteiger partial charge on any atom is 0.191 e. The Hall–Kier alpha value is -2.20. The monoisotopic (exact) mass is 295 g/mol. The number of nitrogens with one attached hydrogen (secondary N) is 2. The summed E-state index contributed by atoms with van der Waals surface area (Å²) < 4.78 is 0. The summed E-state index contributed by atoms with van der Waals surface area (Å²) in [4.78, 5) is 0. The summed E-state index contributed by atoms with van der Waals surface area (Å²) >= 11 is 5.26. The van der Waals surface area contributed by atoms with Gasteiger partial charge in [-0.2, -0.15) is 5.10 Å². The highest BCUT2D eigenvalue weighted by Gasteiger charge is 2.15. The van der Waals surface area contributed by atoms with Crippen molar-refractivity contribution in [3.8, 4) is 0 Å². The number of anilines is 1. The first-order valence-electron chi connectivity index (χ1n) is 6.96. The van der Waals surface area contributed by atoms with Crippen molar-refractivity contribution in [3.05, 3.63) is 65.2 Å². The second kappa shape index (κ2) is 6.06. The van der Waals surface area contributed by atoms with Crippen LogP contribution in [-0.4, -0.2) is 10.8 Å². The third-order valence-electron chi connectivity index (χ3n) is 3.53. The van der Waals surface area contributed by atoms with Gasteiger partial charge < -0.3 is 5.32 Å². The predicted octanol–water partition coefficient (Wildman–Crippen LogP) is 3.44. The van der Waals surface area contributed by atoms with E-state index in [2.05, 4.69) is 47.0 Å². The van der Waals surface area contributed by atoms with Crippen LogP contribution in [-0.2, 0) is 12.8 Å². The third-order valence-corrected chi connectivity index (χ3v) is 3.73. The Labute approximate surface area is 130 Å². The average molecular weight is 295 g/mol. The van der Waals surface area contributed by atoms with E-state index in [4.69, 9.17) is 12.2 Å². The van der Waals surface area contributed by atoms with Crippen LogP contribution in [0.1, 0.15) is 16.7 Å². The molecule has 0 amide bonds. The molecule has 0 aromatic heterocycles. The van der Waals surface area contributed by atoms with Crippen LogP contribution in [0.2, 0.25) is 0 Å². The van der Waals surface area contributed by atoms with E-state index in [0.29, 0.717) is 5.11 Å². The summed E-state index contributed by atoms with van der Waals surface area (Å²) in [6.45, 7) is 2.06. The van der Waals surface area contributed by atoms with Crippen molar-refractivity contribution >= 4 is 28.7 Å². The van der Waals surface area contributed by atoms with Gasteiger partial charge in [-0.15, -0.1) is 0 Å². The summed E-state index contributed by atoms with van der Waals surface area (Å²) in [6.07, 6.45) is 1.80. The Morgan fingerprint density at radius 1 is 1.00 bits per heavy atom. The molecule has 0 spiro atoms. The van der Waals surface area contributed by atoms with Crippen LogP contribution in [0.15, 0.2) is 53.6 Å². The van der Waals surface area contributed by atoms with Crippen LogP contribution in [0.5, 0.6) is 0 Å². The van der Waals surface area contributed by atoms with E-state index in [9.17, 15) is 0 Å². The molecular weight excluding hydrogens is 278 g/mol. The first-order chi connectivity index (χ1) is 10.2. The molecule has 3 rings (SSSR count). The van der Waals surface area contributed by atoms with Crippen molar-refractivity contribution in [3.63, 3.8) is 0 Å². The van der Waals surface area contributed by atoms with Crippen LogP contribution < -0.4 is 10.7 Å². The molecule has 0 saturated heterocycles. The molecule has 0 atom stereocenters. The Bertz CT molecular complexity index is 662. The van der Waals surface area contributed by atoms with Gasteiger partial charge >= 0.3 is 0 Å². The lowest BCUT2D eigenvalue weighted by Crippen LogP contribution is -2.25. The Balaban J connectivity index is 1.57. The molecule has 0 unspecified atom stereocenters. The summed E-state index contributed by atoms with van der Waals surface area (Å²) in [5.74, 6) is 0. The van der Waals surface area contributed by atoms with Gasteiger partial charge in [-0.3, -0.25) is 5.43 Å². The van der Waals surface area contributed by atoms with Crippen molar-refractivity contribution in [1.82, 2.24) is 5.43 Å². The van der Waals surface area contributed by atoms with E-state index >= 15 is 0 Å². The van der Waals surface area contributed by atoms with Gasteiger partial charge in [0.15, 0.2) is 5.11 Å². The lowest BCUT2D eigenvalue weighted by molar-refractivity contribution is 1.02. The summed E-state index contributed by atoms with van der Waals surface area (Å²) in [5.41, 5.74) is 8.95. The molecule has 1 aliphatic carbocycles. The molecule has 0 fully saturated rings. The number of thiocarbonyl (C=S) groups is 1. The minimum Gasteiger partial charge on any atom is -0.331 e. The minimum absolute atomic E-state index is 0.516. The SMILES string of the molecule is Cc1ccc(NC(=S)NN=C2Cc3ccccc3C2)cc1. The van der Waals surface area contributed by atoms with Gasteiger partial charge in [-0.25, -0.2) is 0 Å². The van der Waals surface area contributed by atoms with E-state index in [1.807, 2.05) is 24.3 Å². The molecule has 2 N–H and O–H groups in total. The van der Waals surface area contributed by atoms with E-state index in [-0.39, 0.29) is 0 Å². The average Bonchev–Trinajstić information content (AvgIpc) is 2.90. The Morgan fingerprint density at radius 3 is 2.24 bits per heavy atom. The highest BCUT2D eigenvalue weighted by Crippen LogP contribution is 2.19. The van der Waals surface area contributed by atoms with E-state index in [1.54, 1.807) is 0 Å². The van der Waals surface area contributed by atoms with Crippen LogP contribution in [0.25, 0.3) is 0 Å². The largest absolute Gasteiger partial charge is 0.331 e. The molecule has 0 bridgehead atoms. The van der Waals surface area contributed by atoms with E-state index in [1.165, 1.54) is 16.7 Å². The molecular formula is C17H17N3S. The van der Waals surface area contributed by atoms with Gasteiger partial charge in [0.1, 0.15) is 0 Å². The highest BCUT2D eigenvalue weighted by atomic mass is 32.1. The van der Waals surface area contributed by atoms with Crippen molar-refractivity contribution in [2.45, 2.75) is 19.8 Å². The number of hydrogen-bond acceptors (Lipinski definition) is 2. The van der Waals surface area contributed by atoms with Crippen molar-refractivity contribution in [2.24, 2.45) is 5.10 Å². The Kier molecular flexibility index (Phi) is 3.97. The zero-order valence-corrected chi connectivity index (χ0v) is 12.7. The van der Waals surface area contributed by atoms with Gasteiger partial charge in [-0.05, 0) is 42.4 Å². The van der Waals surface area contributed by atoms with Gasteiger partial charge in [0.25, 0.3) is 0 Å². The molecule has 0 heterocycles. The topological polar surface area (TPSA) is 36.4 Å². The molecule has 4 heteroatoms. The maximum absolute atomic E-state index is 5.26. The molecule has 1 aliphatic rings. The number of nitrogens with zero attached hydrogens (tertiary/aromatic N) is 1. The van der Waals surface area contributed by atoms with Crippen LogP contribution in [0, 0.1) is 6.92 Å². The fourth-order valence-corrected chi connectivity index (χ4v) is 2.57. The normalized spacial score (nSPS) is 12.7. The summed E-state index contributed by atoms with van der Waals surface area (Å²) in [5, 5.41) is 8.06. The maximum atomic E-state index is 5.26. The summed E-state index contributed by atoms with van der Waals surface area (Å²) in [7, 11) is 0. The van der Waals surface area contributed by atoms with Crippen molar-refractivity contribution in [2.75, 3.05) is 5.32 Å². The molecule has 0 radical (unpaired) electrons. The number of fused-ring (bicyclic) bond motifs is 1. The molecule has 0 aliphatic heterocycles. The first kappa shape index (κ1) is 13.8. The summed E-state index contributed by atoms with van der Waals surface area (Å²) in [6, 6.07) is 16.5. The molecule has 106 valence electrons. The number of hydrogen-bond donors (Lipinski definition) is 2. The standard InChI is InChI=1S/C17H17N3S/c1-12-6-8-15(9-7-12)18-17(21)20-19-16-10-13-4-2-3-5-14(13)11-16/h2-9H,10-11H2,1H3,(H2,18,20,21). The molecule has 0 saturated carbocycles. The Morgan fingerprint density at radius 2 is 1.62 bits per heavy atom. The van der Waals surface area contributed by atoms with Gasteiger partial charge in [0.2, 0.25) is 0 Å². The van der Waals surface area contributed by atoms with E-state index < -0.39 is 0 Å². The highest BCUT2D eigenvalue weighted by molar-refractivity contribution is 7.80. The quantitative estimate of drug-likeness (QED) is 0.658. The van der Waals surface area contributed by atoms with Crippen LogP contribution in [0.4, 0.5) is 5.69 Å². The van der Waals surface area contributed by atoms with Gasteiger partial charge in [0.05, 0.1) is 0 Å². The lowest BCUT2D eigenvalue weighted by atomic mass is 10.1. The number of aryl methyl sites for hydroxylation is 1. The number of benzene rings is 2. The van der Waals surface area contributed by atoms with Crippen molar-refractivity contribution < 1.29 is 0 Å². The zero-order valence-electron chi connectivity index (χ0n) is 11.9. The number of rotatable bonds is 2. The third kappa shape index (κ3) is 3.47. The lowest BCUT2D eigenvalue weighted by Gasteiger charge is -2.07. The fraction of sp³-hybridized carbons (Fsp3) is 0.176. The van der Waals surface area contributed by atoms with Gasteiger partial charge in [0, 0.05) is 24.2 Å². The second-order valence-electron chi connectivity index (χ2n) is 5.23. The van der Waals surface area contributed by atoms with Gasteiger partial charge in [-0.1, -0.05) is 42.0 Å². The smallest absolute Gasteiger partial charge is 0.191 e. The van der Waals surface area contributed by atoms with Crippen LogP contribution in [0.3, 0.4) is 0 Å². The molecule has 21 heavy (non-hydrogen) atoms. The van der Waals surface area contributed by atoms with Crippen LogP contribution >= 0.6 is 12.2 Å². The van der Waals surface area contributed by atoms with Crippen molar-refractivity contribution in [1.29, 1.82) is 0 Å². The predicted molar refractivity (Wildman–Crippen MR) is 91.8 cm³/mol. The first-order valence-corrected chi connectivity index (χ1v) is 7.37. The fourth-order valence-electron chi connectivity index (χ4n) is 2.41. The zero-order chi connectivity index (χ0) is 14.7. The molecule has 2 aromatic carbocycles. The molecule has 3 nitrogen and oxygen atoms in total.